The van der Waals surface area contributed by atoms with Crippen molar-refractivity contribution in [1.29, 1.82) is 0 Å². The normalized spacial score (nSPS) is 13.8. The van der Waals surface area contributed by atoms with Crippen molar-refractivity contribution in [3.63, 3.8) is 0 Å². The molecule has 0 fully saturated rings. The minimum absolute atomic E-state index is 0.237. The zero-order chi connectivity index (χ0) is 14.5. The minimum atomic E-state index is 0.237. The van der Waals surface area contributed by atoms with Gasteiger partial charge < -0.3 is 10.1 Å². The molecule has 0 radical (unpaired) electrons. The quantitative estimate of drug-likeness (QED) is 0.867. The lowest BCUT2D eigenvalue weighted by Crippen LogP contribution is -2.23. The largest absolute Gasteiger partial charge is 0.496 e. The molecule has 2 aromatic rings. The molecule has 0 aliphatic carbocycles. The highest BCUT2D eigenvalue weighted by atomic mass is 16.5. The van der Waals surface area contributed by atoms with Crippen molar-refractivity contribution in [3.8, 4) is 5.75 Å². The standard InChI is InChI=1S/C18H23NO/c1-13-9-5-6-10-16(13)14(2)19-15(3)17-11-7-8-12-18(17)20-4/h5-12,14-15,19H,1-4H3/t14-,15?/m0/s1. The number of methoxy groups -OCH3 is 1. The van der Waals surface area contributed by atoms with E-state index in [0.29, 0.717) is 6.04 Å². The van der Waals surface area contributed by atoms with Crippen LogP contribution in [0.3, 0.4) is 0 Å². The number of hydrogen-bond acceptors (Lipinski definition) is 2. The smallest absolute Gasteiger partial charge is 0.123 e. The van der Waals surface area contributed by atoms with Crippen LogP contribution in [0, 0.1) is 6.92 Å². The van der Waals surface area contributed by atoms with Gasteiger partial charge in [-0.2, -0.15) is 0 Å². The van der Waals surface area contributed by atoms with Crippen molar-refractivity contribution in [2.24, 2.45) is 0 Å². The Kier molecular flexibility index (Phi) is 4.80. The summed E-state index contributed by atoms with van der Waals surface area (Å²) in [5.41, 5.74) is 3.85. The van der Waals surface area contributed by atoms with Gasteiger partial charge in [-0.15, -0.1) is 0 Å². The summed E-state index contributed by atoms with van der Waals surface area (Å²) in [5.74, 6) is 0.935. The van der Waals surface area contributed by atoms with E-state index in [4.69, 9.17) is 4.74 Å². The number of ether oxygens (including phenoxy) is 1. The Morgan fingerprint density at radius 2 is 1.40 bits per heavy atom. The topological polar surface area (TPSA) is 21.3 Å². The Morgan fingerprint density at radius 3 is 2.05 bits per heavy atom. The Hall–Kier alpha value is -1.80. The highest BCUT2D eigenvalue weighted by Gasteiger charge is 2.15. The van der Waals surface area contributed by atoms with Crippen molar-refractivity contribution >= 4 is 0 Å². The Morgan fingerprint density at radius 1 is 0.850 bits per heavy atom. The average molecular weight is 269 g/mol. The van der Waals surface area contributed by atoms with Gasteiger partial charge in [-0.1, -0.05) is 42.5 Å². The third kappa shape index (κ3) is 3.20. The molecule has 0 bridgehead atoms. The van der Waals surface area contributed by atoms with E-state index in [9.17, 15) is 0 Å². The van der Waals surface area contributed by atoms with Gasteiger partial charge in [0.25, 0.3) is 0 Å². The summed E-state index contributed by atoms with van der Waals surface area (Å²) in [6, 6.07) is 17.2. The first-order valence-electron chi connectivity index (χ1n) is 7.08. The van der Waals surface area contributed by atoms with Crippen molar-refractivity contribution in [1.82, 2.24) is 5.32 Å². The summed E-state index contributed by atoms with van der Waals surface area (Å²) in [6.07, 6.45) is 0. The van der Waals surface area contributed by atoms with Gasteiger partial charge in [0.1, 0.15) is 5.75 Å². The van der Waals surface area contributed by atoms with Crippen LogP contribution in [0.1, 0.15) is 42.6 Å². The van der Waals surface area contributed by atoms with Gasteiger partial charge in [0.05, 0.1) is 7.11 Å². The fraction of sp³-hybridized carbons (Fsp3) is 0.333. The molecule has 2 rings (SSSR count). The lowest BCUT2D eigenvalue weighted by Gasteiger charge is -2.23. The van der Waals surface area contributed by atoms with E-state index < -0.39 is 0 Å². The molecule has 2 aromatic carbocycles. The monoisotopic (exact) mass is 269 g/mol. The Bertz CT molecular complexity index is 565. The van der Waals surface area contributed by atoms with Gasteiger partial charge >= 0.3 is 0 Å². The first-order valence-corrected chi connectivity index (χ1v) is 7.08. The molecule has 0 spiro atoms. The lowest BCUT2D eigenvalue weighted by atomic mass is 10.00. The lowest BCUT2D eigenvalue weighted by molar-refractivity contribution is 0.396. The molecule has 0 aliphatic rings. The molecule has 0 aromatic heterocycles. The summed E-state index contributed by atoms with van der Waals surface area (Å²) in [5, 5.41) is 3.65. The second kappa shape index (κ2) is 6.58. The van der Waals surface area contributed by atoms with Crippen LogP contribution < -0.4 is 10.1 Å². The summed E-state index contributed by atoms with van der Waals surface area (Å²) in [7, 11) is 1.72. The van der Waals surface area contributed by atoms with Crippen molar-refractivity contribution in [2.45, 2.75) is 32.9 Å². The van der Waals surface area contributed by atoms with E-state index in [0.717, 1.165) is 5.75 Å². The molecule has 1 unspecified atom stereocenters. The van der Waals surface area contributed by atoms with Crippen LogP contribution in [0.2, 0.25) is 0 Å². The average Bonchev–Trinajstić information content (AvgIpc) is 2.47. The highest BCUT2D eigenvalue weighted by Crippen LogP contribution is 2.27. The maximum atomic E-state index is 5.44. The van der Waals surface area contributed by atoms with E-state index in [1.807, 2.05) is 12.1 Å². The predicted octanol–water partition coefficient (Wildman–Crippen LogP) is 4.42. The molecule has 20 heavy (non-hydrogen) atoms. The third-order valence-electron chi connectivity index (χ3n) is 3.76. The molecule has 0 heterocycles. The Balaban J connectivity index is 2.15. The van der Waals surface area contributed by atoms with Gasteiger partial charge in [0.2, 0.25) is 0 Å². The molecule has 2 atom stereocenters. The number of hydrogen-bond donors (Lipinski definition) is 1. The van der Waals surface area contributed by atoms with Crippen molar-refractivity contribution < 1.29 is 4.74 Å². The summed E-state index contributed by atoms with van der Waals surface area (Å²) >= 11 is 0. The zero-order valence-corrected chi connectivity index (χ0v) is 12.7. The molecule has 2 heteroatoms. The first-order chi connectivity index (χ1) is 9.63. The van der Waals surface area contributed by atoms with Gasteiger partial charge in [-0.25, -0.2) is 0 Å². The third-order valence-corrected chi connectivity index (χ3v) is 3.76. The molecule has 0 saturated carbocycles. The van der Waals surface area contributed by atoms with Crippen molar-refractivity contribution in [3.05, 3.63) is 65.2 Å². The van der Waals surface area contributed by atoms with Crippen molar-refractivity contribution in [2.75, 3.05) is 7.11 Å². The molecule has 0 aliphatic heterocycles. The summed E-state index contributed by atoms with van der Waals surface area (Å²) in [6.45, 7) is 6.53. The molecule has 1 N–H and O–H groups in total. The molecule has 106 valence electrons. The fourth-order valence-electron chi connectivity index (χ4n) is 2.65. The zero-order valence-electron chi connectivity index (χ0n) is 12.7. The predicted molar refractivity (Wildman–Crippen MR) is 84.1 cm³/mol. The van der Waals surface area contributed by atoms with Crippen LogP contribution in [0.25, 0.3) is 0 Å². The number of benzene rings is 2. The molecule has 2 nitrogen and oxygen atoms in total. The molecule has 0 amide bonds. The second-order valence-electron chi connectivity index (χ2n) is 5.21. The maximum Gasteiger partial charge on any atom is 0.123 e. The highest BCUT2D eigenvalue weighted by molar-refractivity contribution is 5.36. The summed E-state index contributed by atoms with van der Waals surface area (Å²) in [4.78, 5) is 0. The number of rotatable bonds is 5. The molecular weight excluding hydrogens is 246 g/mol. The maximum absolute atomic E-state index is 5.44. The summed E-state index contributed by atoms with van der Waals surface area (Å²) < 4.78 is 5.44. The van der Waals surface area contributed by atoms with Crippen LogP contribution in [0.4, 0.5) is 0 Å². The van der Waals surface area contributed by atoms with E-state index in [-0.39, 0.29) is 6.04 Å². The van der Waals surface area contributed by atoms with Gasteiger partial charge in [-0.05, 0) is 38.0 Å². The number of nitrogens with one attached hydrogen (secondary N) is 1. The number of aryl methyl sites for hydroxylation is 1. The second-order valence-corrected chi connectivity index (χ2v) is 5.21. The van der Waals surface area contributed by atoms with Crippen LogP contribution in [-0.2, 0) is 0 Å². The Labute approximate surface area is 121 Å². The van der Waals surface area contributed by atoms with Gasteiger partial charge in [0, 0.05) is 17.6 Å². The van der Waals surface area contributed by atoms with Gasteiger partial charge in [-0.3, -0.25) is 0 Å². The van der Waals surface area contributed by atoms with Crippen LogP contribution in [-0.4, -0.2) is 7.11 Å². The van der Waals surface area contributed by atoms with Gasteiger partial charge in [0.15, 0.2) is 0 Å². The minimum Gasteiger partial charge on any atom is -0.496 e. The molecular formula is C18H23NO. The van der Waals surface area contributed by atoms with Crippen LogP contribution >= 0.6 is 0 Å². The van der Waals surface area contributed by atoms with E-state index >= 15 is 0 Å². The number of para-hydroxylation sites is 1. The van der Waals surface area contributed by atoms with Crippen LogP contribution in [0.5, 0.6) is 5.75 Å². The molecule has 0 saturated heterocycles. The van der Waals surface area contributed by atoms with E-state index in [2.05, 4.69) is 62.5 Å². The van der Waals surface area contributed by atoms with E-state index in [1.54, 1.807) is 7.11 Å². The fourth-order valence-corrected chi connectivity index (χ4v) is 2.65. The SMILES string of the molecule is COc1ccccc1C(C)N[C@@H](C)c1ccccc1C. The van der Waals surface area contributed by atoms with Crippen LogP contribution in [0.15, 0.2) is 48.5 Å². The first kappa shape index (κ1) is 14.6. The van der Waals surface area contributed by atoms with E-state index in [1.165, 1.54) is 16.7 Å².